The molecule has 0 bridgehead atoms. The Morgan fingerprint density at radius 3 is 2.61 bits per heavy atom. The summed E-state index contributed by atoms with van der Waals surface area (Å²) < 4.78 is 11.0. The Hall–Kier alpha value is -1.71. The van der Waals surface area contributed by atoms with Crippen LogP contribution in [0.5, 0.6) is 11.5 Å². The number of oxime groups is 1. The molecule has 0 atom stereocenters. The van der Waals surface area contributed by atoms with Crippen molar-refractivity contribution in [2.24, 2.45) is 5.16 Å². The van der Waals surface area contributed by atoms with E-state index < -0.39 is 0 Å². The zero-order valence-corrected chi connectivity index (χ0v) is 11.4. The summed E-state index contributed by atoms with van der Waals surface area (Å²) in [7, 11) is 1.63. The van der Waals surface area contributed by atoms with E-state index in [1.165, 1.54) is 0 Å². The molecule has 0 aliphatic rings. The van der Waals surface area contributed by atoms with Crippen LogP contribution < -0.4 is 9.47 Å². The summed E-state index contributed by atoms with van der Waals surface area (Å²) in [6.45, 7) is 5.76. The van der Waals surface area contributed by atoms with Gasteiger partial charge in [0.1, 0.15) is 0 Å². The van der Waals surface area contributed by atoms with Gasteiger partial charge in [-0.2, -0.15) is 0 Å². The number of hydrogen-bond acceptors (Lipinski definition) is 4. The molecule has 0 heterocycles. The lowest BCUT2D eigenvalue weighted by Gasteiger charge is -2.14. The molecule has 4 nitrogen and oxygen atoms in total. The Labute approximate surface area is 108 Å². The molecule has 0 saturated carbocycles. The van der Waals surface area contributed by atoms with E-state index in [9.17, 15) is 0 Å². The fraction of sp³-hybridized carbons (Fsp3) is 0.500. The van der Waals surface area contributed by atoms with E-state index in [-0.39, 0.29) is 6.10 Å². The third-order valence-corrected chi connectivity index (χ3v) is 2.54. The van der Waals surface area contributed by atoms with Gasteiger partial charge in [0.25, 0.3) is 0 Å². The van der Waals surface area contributed by atoms with Gasteiger partial charge in [0.15, 0.2) is 11.5 Å². The summed E-state index contributed by atoms with van der Waals surface area (Å²) >= 11 is 0. The van der Waals surface area contributed by atoms with E-state index in [4.69, 9.17) is 14.7 Å². The quantitative estimate of drug-likeness (QED) is 0.479. The summed E-state index contributed by atoms with van der Waals surface area (Å²) in [5, 5.41) is 11.8. The van der Waals surface area contributed by atoms with Gasteiger partial charge in [-0.25, -0.2) is 0 Å². The van der Waals surface area contributed by atoms with Crippen molar-refractivity contribution in [1.29, 1.82) is 0 Å². The van der Waals surface area contributed by atoms with Crippen molar-refractivity contribution in [1.82, 2.24) is 0 Å². The standard InChI is InChI=1S/C14H21NO3/c1-10(2)18-14-9-12(6-5-11(3)15-16)7-8-13(14)17-4/h7-10,16H,5-6H2,1-4H3/b15-11+. The SMILES string of the molecule is COc1ccc(CC/C(C)=N/O)cc1OC(C)C. The monoisotopic (exact) mass is 251 g/mol. The molecule has 0 saturated heterocycles. The molecule has 1 N–H and O–H groups in total. The molecule has 0 unspecified atom stereocenters. The fourth-order valence-electron chi connectivity index (χ4n) is 1.60. The Balaban J connectivity index is 2.82. The van der Waals surface area contributed by atoms with Gasteiger partial charge in [0, 0.05) is 0 Å². The van der Waals surface area contributed by atoms with E-state index >= 15 is 0 Å². The van der Waals surface area contributed by atoms with Crippen LogP contribution in [0.3, 0.4) is 0 Å². The van der Waals surface area contributed by atoms with E-state index in [0.717, 1.165) is 35.6 Å². The van der Waals surface area contributed by atoms with Crippen LogP contribution in [0.15, 0.2) is 23.4 Å². The van der Waals surface area contributed by atoms with Crippen molar-refractivity contribution >= 4 is 5.71 Å². The van der Waals surface area contributed by atoms with Crippen LogP contribution in [0.4, 0.5) is 0 Å². The summed E-state index contributed by atoms with van der Waals surface area (Å²) in [4.78, 5) is 0. The largest absolute Gasteiger partial charge is 0.493 e. The molecular weight excluding hydrogens is 230 g/mol. The summed E-state index contributed by atoms with van der Waals surface area (Å²) in [6.07, 6.45) is 1.65. The highest BCUT2D eigenvalue weighted by atomic mass is 16.5. The number of hydrogen-bond donors (Lipinski definition) is 1. The molecule has 18 heavy (non-hydrogen) atoms. The molecule has 0 amide bonds. The van der Waals surface area contributed by atoms with Gasteiger partial charge in [-0.15, -0.1) is 0 Å². The minimum Gasteiger partial charge on any atom is -0.493 e. The van der Waals surface area contributed by atoms with Crippen molar-refractivity contribution < 1.29 is 14.7 Å². The number of ether oxygens (including phenoxy) is 2. The highest BCUT2D eigenvalue weighted by Crippen LogP contribution is 2.29. The van der Waals surface area contributed by atoms with Gasteiger partial charge >= 0.3 is 0 Å². The lowest BCUT2D eigenvalue weighted by Crippen LogP contribution is -2.07. The Kier molecular flexibility index (Phi) is 5.49. The third-order valence-electron chi connectivity index (χ3n) is 2.54. The normalized spacial score (nSPS) is 11.7. The van der Waals surface area contributed by atoms with E-state index in [2.05, 4.69) is 5.16 Å². The number of rotatable bonds is 6. The smallest absolute Gasteiger partial charge is 0.161 e. The highest BCUT2D eigenvalue weighted by Gasteiger charge is 2.08. The molecular formula is C14H21NO3. The van der Waals surface area contributed by atoms with Crippen LogP contribution in [0.2, 0.25) is 0 Å². The van der Waals surface area contributed by atoms with Gasteiger partial charge in [-0.3, -0.25) is 0 Å². The lowest BCUT2D eigenvalue weighted by molar-refractivity contribution is 0.230. The topological polar surface area (TPSA) is 51.0 Å². The zero-order valence-electron chi connectivity index (χ0n) is 11.4. The second-order valence-electron chi connectivity index (χ2n) is 4.49. The van der Waals surface area contributed by atoms with E-state index in [1.807, 2.05) is 32.0 Å². The van der Waals surface area contributed by atoms with Crippen molar-refractivity contribution in [2.75, 3.05) is 7.11 Å². The first-order valence-corrected chi connectivity index (χ1v) is 6.08. The molecule has 0 aliphatic carbocycles. The summed E-state index contributed by atoms with van der Waals surface area (Å²) in [6, 6.07) is 5.87. The van der Waals surface area contributed by atoms with E-state index in [1.54, 1.807) is 14.0 Å². The van der Waals surface area contributed by atoms with Crippen LogP contribution in [-0.2, 0) is 6.42 Å². The van der Waals surface area contributed by atoms with Crippen LogP contribution in [0.25, 0.3) is 0 Å². The Morgan fingerprint density at radius 1 is 1.33 bits per heavy atom. The molecule has 1 aromatic carbocycles. The maximum absolute atomic E-state index is 8.61. The van der Waals surface area contributed by atoms with Gasteiger partial charge < -0.3 is 14.7 Å². The number of methoxy groups -OCH3 is 1. The first-order chi connectivity index (χ1) is 8.56. The maximum Gasteiger partial charge on any atom is 0.161 e. The van der Waals surface area contributed by atoms with Crippen molar-refractivity contribution in [2.45, 2.75) is 39.7 Å². The maximum atomic E-state index is 8.61. The summed E-state index contributed by atoms with van der Waals surface area (Å²) in [5.41, 5.74) is 1.85. The fourth-order valence-corrected chi connectivity index (χ4v) is 1.60. The second kappa shape index (κ2) is 6.89. The minimum absolute atomic E-state index is 0.106. The molecule has 4 heteroatoms. The van der Waals surface area contributed by atoms with Crippen LogP contribution in [0, 0.1) is 0 Å². The van der Waals surface area contributed by atoms with Crippen molar-refractivity contribution in [3.05, 3.63) is 23.8 Å². The predicted molar refractivity (Wildman–Crippen MR) is 72.0 cm³/mol. The minimum atomic E-state index is 0.106. The molecule has 0 aliphatic heterocycles. The average Bonchev–Trinajstić information content (AvgIpc) is 2.35. The molecule has 0 radical (unpaired) electrons. The molecule has 100 valence electrons. The zero-order chi connectivity index (χ0) is 13.5. The summed E-state index contributed by atoms with van der Waals surface area (Å²) in [5.74, 6) is 1.49. The first kappa shape index (κ1) is 14.4. The van der Waals surface area contributed by atoms with Crippen LogP contribution >= 0.6 is 0 Å². The highest BCUT2D eigenvalue weighted by molar-refractivity contribution is 5.81. The van der Waals surface area contributed by atoms with Crippen molar-refractivity contribution in [3.63, 3.8) is 0 Å². The molecule has 0 fully saturated rings. The number of nitrogens with zero attached hydrogens (tertiary/aromatic N) is 1. The van der Waals surface area contributed by atoms with Gasteiger partial charge in [0.2, 0.25) is 0 Å². The van der Waals surface area contributed by atoms with Gasteiger partial charge in [-0.1, -0.05) is 11.2 Å². The number of aryl methyl sites for hydroxylation is 1. The predicted octanol–water partition coefficient (Wildman–Crippen LogP) is 3.27. The number of benzene rings is 1. The van der Waals surface area contributed by atoms with Crippen molar-refractivity contribution in [3.8, 4) is 11.5 Å². The van der Waals surface area contributed by atoms with Crippen LogP contribution in [0.1, 0.15) is 32.8 Å². The van der Waals surface area contributed by atoms with Gasteiger partial charge in [0.05, 0.1) is 18.9 Å². The van der Waals surface area contributed by atoms with Gasteiger partial charge in [-0.05, 0) is 51.3 Å². The second-order valence-corrected chi connectivity index (χ2v) is 4.49. The molecule has 1 aromatic rings. The molecule has 1 rings (SSSR count). The Bertz CT molecular complexity index is 414. The Morgan fingerprint density at radius 2 is 2.06 bits per heavy atom. The first-order valence-electron chi connectivity index (χ1n) is 6.08. The van der Waals surface area contributed by atoms with Crippen LogP contribution in [-0.4, -0.2) is 24.1 Å². The molecule has 0 spiro atoms. The average molecular weight is 251 g/mol. The lowest BCUT2D eigenvalue weighted by atomic mass is 10.1. The third kappa shape index (κ3) is 4.28. The molecule has 0 aromatic heterocycles. The van der Waals surface area contributed by atoms with E-state index in [0.29, 0.717) is 0 Å².